The number of rotatable bonds is 3. The Hall–Kier alpha value is -3.39. The number of phenols is 3. The molecule has 0 spiro atoms. The Kier molecular flexibility index (Phi) is 3.73. The van der Waals surface area contributed by atoms with Crippen LogP contribution in [0.25, 0.3) is 6.08 Å². The zero-order chi connectivity index (χ0) is 20.4. The lowest BCUT2D eigenvalue weighted by Crippen LogP contribution is -2.38. The first-order valence-electron chi connectivity index (χ1n) is 8.41. The van der Waals surface area contributed by atoms with Crippen LogP contribution in [0.15, 0.2) is 17.7 Å². The molecule has 2 aromatic carbocycles. The maximum Gasteiger partial charge on any atom is 0.201 e. The summed E-state index contributed by atoms with van der Waals surface area (Å²) in [6.45, 7) is 1.08. The number of aliphatic hydroxyl groups is 1. The maximum absolute atomic E-state index is 13.3. The van der Waals surface area contributed by atoms with E-state index in [9.17, 15) is 25.2 Å². The number of carbonyl (C=O) groups is 1. The van der Waals surface area contributed by atoms with E-state index in [0.29, 0.717) is 5.56 Å². The highest BCUT2D eigenvalue weighted by Crippen LogP contribution is 2.58. The Morgan fingerprint density at radius 3 is 2.29 bits per heavy atom. The van der Waals surface area contributed by atoms with E-state index in [-0.39, 0.29) is 39.5 Å². The van der Waals surface area contributed by atoms with E-state index < -0.39 is 35.2 Å². The number of benzene rings is 2. The average molecular weight is 386 g/mol. The molecule has 146 valence electrons. The average Bonchev–Trinajstić information content (AvgIpc) is 2.98. The number of ketones is 1. The number of fused-ring (bicyclic) bond motifs is 4. The molecule has 4 rings (SSSR count). The van der Waals surface area contributed by atoms with Crippen LogP contribution in [0.4, 0.5) is 0 Å². The van der Waals surface area contributed by atoms with E-state index in [2.05, 4.69) is 0 Å². The van der Waals surface area contributed by atoms with Crippen LogP contribution in [0.3, 0.4) is 0 Å². The number of hydrogen-bond acceptors (Lipinski definition) is 8. The van der Waals surface area contributed by atoms with Crippen LogP contribution in [0.1, 0.15) is 34.0 Å². The predicted molar refractivity (Wildman–Crippen MR) is 97.2 cm³/mol. The van der Waals surface area contributed by atoms with Gasteiger partial charge < -0.3 is 34.6 Å². The summed E-state index contributed by atoms with van der Waals surface area (Å²) in [5, 5.41) is 41.0. The standard InChI is InChI=1S/C20H18O8/c1-20-10(4-8-5-11(26-2)16(23)18(25)14(8)20)15(22)13-9(7-21)6-12(27-3)17(24)19(13)28-20/h4-6,21,23-25H,7H2,1-3H3/t20-/m0/s1. The highest BCUT2D eigenvalue weighted by Gasteiger charge is 2.51. The van der Waals surface area contributed by atoms with Gasteiger partial charge in [-0.3, -0.25) is 4.79 Å². The number of Topliss-reactive ketones (excluding diaryl/α,β-unsaturated/α-hetero) is 1. The molecule has 2 aliphatic rings. The minimum atomic E-state index is -1.47. The summed E-state index contributed by atoms with van der Waals surface area (Å²) >= 11 is 0. The molecular weight excluding hydrogens is 368 g/mol. The van der Waals surface area contributed by atoms with Crippen LogP contribution in [-0.2, 0) is 12.2 Å². The molecule has 0 amide bonds. The third-order valence-electron chi connectivity index (χ3n) is 5.25. The number of carbonyl (C=O) groups excluding carboxylic acids is 1. The van der Waals surface area contributed by atoms with Gasteiger partial charge in [0.05, 0.1) is 32.0 Å². The van der Waals surface area contributed by atoms with Crippen molar-refractivity contribution in [3.8, 4) is 34.5 Å². The molecule has 0 aromatic heterocycles. The van der Waals surface area contributed by atoms with Crippen molar-refractivity contribution >= 4 is 11.9 Å². The molecule has 1 atom stereocenters. The molecule has 2 aromatic rings. The summed E-state index contributed by atoms with van der Waals surface area (Å²) in [5.74, 6) is -1.91. The number of methoxy groups -OCH3 is 2. The first-order chi connectivity index (χ1) is 13.3. The van der Waals surface area contributed by atoms with E-state index in [1.807, 2.05) is 0 Å². The predicted octanol–water partition coefficient (Wildman–Crippen LogP) is 2.20. The summed E-state index contributed by atoms with van der Waals surface area (Å²) in [6, 6.07) is 2.85. The highest BCUT2D eigenvalue weighted by molar-refractivity contribution is 6.18. The molecule has 8 heteroatoms. The van der Waals surface area contributed by atoms with Gasteiger partial charge in [0.15, 0.2) is 34.4 Å². The lowest BCUT2D eigenvalue weighted by molar-refractivity contribution is 0.0778. The van der Waals surface area contributed by atoms with Crippen molar-refractivity contribution in [3.63, 3.8) is 0 Å². The second-order valence-corrected chi connectivity index (χ2v) is 6.71. The molecule has 0 fully saturated rings. The van der Waals surface area contributed by atoms with Crippen molar-refractivity contribution in [2.75, 3.05) is 14.2 Å². The van der Waals surface area contributed by atoms with Crippen LogP contribution in [0.2, 0.25) is 0 Å². The first-order valence-corrected chi connectivity index (χ1v) is 8.41. The van der Waals surface area contributed by atoms with Gasteiger partial charge in [0.2, 0.25) is 11.5 Å². The molecule has 8 nitrogen and oxygen atoms in total. The number of ether oxygens (including phenoxy) is 3. The molecule has 1 aliphatic heterocycles. The van der Waals surface area contributed by atoms with E-state index in [0.717, 1.165) is 0 Å². The van der Waals surface area contributed by atoms with Crippen molar-refractivity contribution in [1.82, 2.24) is 0 Å². The summed E-state index contributed by atoms with van der Waals surface area (Å²) in [4.78, 5) is 13.3. The van der Waals surface area contributed by atoms with Gasteiger partial charge in [0.1, 0.15) is 0 Å². The van der Waals surface area contributed by atoms with E-state index >= 15 is 0 Å². The van der Waals surface area contributed by atoms with Gasteiger partial charge in [-0.25, -0.2) is 0 Å². The Morgan fingerprint density at radius 1 is 1.04 bits per heavy atom. The molecule has 0 saturated carbocycles. The molecule has 1 aliphatic carbocycles. The van der Waals surface area contributed by atoms with Gasteiger partial charge >= 0.3 is 0 Å². The van der Waals surface area contributed by atoms with Gasteiger partial charge in [-0.2, -0.15) is 0 Å². The maximum atomic E-state index is 13.3. The second-order valence-electron chi connectivity index (χ2n) is 6.71. The monoisotopic (exact) mass is 386 g/mol. The van der Waals surface area contributed by atoms with Gasteiger partial charge in [0.25, 0.3) is 0 Å². The molecule has 0 unspecified atom stereocenters. The van der Waals surface area contributed by atoms with E-state index in [1.54, 1.807) is 6.92 Å². The molecule has 0 saturated heterocycles. The van der Waals surface area contributed by atoms with Crippen LogP contribution >= 0.6 is 0 Å². The highest BCUT2D eigenvalue weighted by atomic mass is 16.5. The Labute approximate surface area is 159 Å². The fraction of sp³-hybridized carbons (Fsp3) is 0.250. The van der Waals surface area contributed by atoms with Crippen molar-refractivity contribution < 1.29 is 39.4 Å². The molecule has 28 heavy (non-hydrogen) atoms. The second kappa shape index (κ2) is 5.80. The molecule has 0 radical (unpaired) electrons. The smallest absolute Gasteiger partial charge is 0.201 e. The van der Waals surface area contributed by atoms with Crippen molar-refractivity contribution in [1.29, 1.82) is 0 Å². The molecule has 0 bridgehead atoms. The summed E-state index contributed by atoms with van der Waals surface area (Å²) < 4.78 is 16.2. The van der Waals surface area contributed by atoms with E-state index in [1.165, 1.54) is 32.4 Å². The third-order valence-corrected chi connectivity index (χ3v) is 5.25. The number of hydrogen-bond donors (Lipinski definition) is 4. The zero-order valence-electron chi connectivity index (χ0n) is 15.4. The summed E-state index contributed by atoms with van der Waals surface area (Å²) in [6.07, 6.45) is 1.53. The Morgan fingerprint density at radius 2 is 1.68 bits per heavy atom. The van der Waals surface area contributed by atoms with Gasteiger partial charge in [-0.15, -0.1) is 0 Å². The van der Waals surface area contributed by atoms with Crippen molar-refractivity contribution in [3.05, 3.63) is 40.0 Å². The molecular formula is C20H18O8. The lowest BCUT2D eigenvalue weighted by Gasteiger charge is -2.36. The number of aromatic hydroxyl groups is 3. The van der Waals surface area contributed by atoms with Crippen molar-refractivity contribution in [2.45, 2.75) is 19.1 Å². The first kappa shape index (κ1) is 18.0. The molecule has 4 N–H and O–H groups in total. The Bertz CT molecular complexity index is 1070. The van der Waals surface area contributed by atoms with Crippen LogP contribution in [0, 0.1) is 0 Å². The normalized spacial score (nSPS) is 19.3. The Balaban J connectivity index is 2.02. The number of phenolic OH excluding ortho intramolecular Hbond substituents is 3. The van der Waals surface area contributed by atoms with Crippen LogP contribution in [-0.4, -0.2) is 40.4 Å². The van der Waals surface area contributed by atoms with Crippen LogP contribution in [0.5, 0.6) is 34.5 Å². The number of aliphatic hydroxyl groups excluding tert-OH is 1. The van der Waals surface area contributed by atoms with Gasteiger partial charge in [-0.05, 0) is 36.3 Å². The van der Waals surface area contributed by atoms with Gasteiger partial charge in [0, 0.05) is 5.57 Å². The van der Waals surface area contributed by atoms with E-state index in [4.69, 9.17) is 14.2 Å². The SMILES string of the molecule is COc1cc2c(c(O)c1O)[C@@]1(C)Oc3c(O)c(OC)cc(CO)c3C(=O)C1=C2. The zero-order valence-corrected chi connectivity index (χ0v) is 15.4. The van der Waals surface area contributed by atoms with Crippen LogP contribution < -0.4 is 14.2 Å². The quantitative estimate of drug-likeness (QED) is 0.592. The topological polar surface area (TPSA) is 126 Å². The minimum Gasteiger partial charge on any atom is -0.504 e. The fourth-order valence-electron chi connectivity index (χ4n) is 3.88. The summed E-state index contributed by atoms with van der Waals surface area (Å²) in [7, 11) is 2.67. The third kappa shape index (κ3) is 2.06. The fourth-order valence-corrected chi connectivity index (χ4v) is 3.88. The molecule has 1 heterocycles. The largest absolute Gasteiger partial charge is 0.504 e. The minimum absolute atomic E-state index is 0.0213. The summed E-state index contributed by atoms with van der Waals surface area (Å²) in [5.41, 5.74) is -0.414. The lowest BCUT2D eigenvalue weighted by atomic mass is 9.82. The van der Waals surface area contributed by atoms with Crippen molar-refractivity contribution in [2.24, 2.45) is 0 Å². The van der Waals surface area contributed by atoms with Gasteiger partial charge in [-0.1, -0.05) is 0 Å².